The van der Waals surface area contributed by atoms with Crippen LogP contribution in [0.3, 0.4) is 0 Å². The van der Waals surface area contributed by atoms with Crippen molar-refractivity contribution < 1.29 is 9.47 Å². The fourth-order valence-electron chi connectivity index (χ4n) is 3.66. The van der Waals surface area contributed by atoms with Crippen LogP contribution in [0.25, 0.3) is 0 Å². The molecule has 2 aliphatic heterocycles. The van der Waals surface area contributed by atoms with Gasteiger partial charge in [0.15, 0.2) is 5.96 Å². The normalized spacial score (nSPS) is 22.1. The first-order valence-corrected chi connectivity index (χ1v) is 10.1. The highest BCUT2D eigenvalue weighted by Gasteiger charge is 2.21. The van der Waals surface area contributed by atoms with E-state index in [-0.39, 0.29) is 0 Å². The Morgan fingerprint density at radius 1 is 1.37 bits per heavy atom. The summed E-state index contributed by atoms with van der Waals surface area (Å²) in [5.41, 5.74) is 1.19. The first kappa shape index (κ1) is 19.9. The van der Waals surface area contributed by atoms with E-state index in [1.54, 1.807) is 0 Å². The molecule has 0 radical (unpaired) electrons. The Bertz CT molecular complexity index is 585. The topological polar surface area (TPSA) is 75.9 Å². The lowest BCUT2D eigenvalue weighted by Crippen LogP contribution is -2.51. The molecule has 1 aromatic rings. The van der Waals surface area contributed by atoms with Gasteiger partial charge in [-0.3, -0.25) is 9.67 Å². The van der Waals surface area contributed by atoms with Gasteiger partial charge in [-0.05, 0) is 32.1 Å². The van der Waals surface area contributed by atoms with Gasteiger partial charge in [-0.1, -0.05) is 0 Å². The third kappa shape index (κ3) is 6.39. The van der Waals surface area contributed by atoms with E-state index in [1.807, 2.05) is 25.0 Å². The van der Waals surface area contributed by atoms with Gasteiger partial charge in [-0.25, -0.2) is 0 Å². The smallest absolute Gasteiger partial charge is 0.191 e. The van der Waals surface area contributed by atoms with Crippen LogP contribution in [0, 0.1) is 0 Å². The van der Waals surface area contributed by atoms with E-state index in [0.29, 0.717) is 12.1 Å². The summed E-state index contributed by atoms with van der Waals surface area (Å²) in [7, 11) is 3.79. The number of aromatic nitrogens is 2. The Balaban J connectivity index is 1.34. The van der Waals surface area contributed by atoms with Crippen LogP contribution < -0.4 is 15.5 Å². The van der Waals surface area contributed by atoms with Crippen molar-refractivity contribution in [1.82, 2.24) is 20.4 Å². The van der Waals surface area contributed by atoms with E-state index in [4.69, 9.17) is 9.47 Å². The van der Waals surface area contributed by atoms with Gasteiger partial charge < -0.3 is 25.0 Å². The highest BCUT2D eigenvalue weighted by atomic mass is 16.5. The zero-order chi connectivity index (χ0) is 18.9. The van der Waals surface area contributed by atoms with Crippen molar-refractivity contribution in [1.29, 1.82) is 0 Å². The molecule has 1 atom stereocenters. The summed E-state index contributed by atoms with van der Waals surface area (Å²) in [6.45, 7) is 5.36. The fraction of sp³-hybridized carbons (Fsp3) is 0.789. The summed E-state index contributed by atoms with van der Waals surface area (Å²) < 4.78 is 13.1. The first-order chi connectivity index (χ1) is 13.2. The van der Waals surface area contributed by atoms with Gasteiger partial charge in [-0.15, -0.1) is 0 Å². The zero-order valence-electron chi connectivity index (χ0n) is 16.7. The largest absolute Gasteiger partial charge is 0.381 e. The summed E-state index contributed by atoms with van der Waals surface area (Å²) in [5.74, 6) is 0.874. The summed E-state index contributed by atoms with van der Waals surface area (Å²) in [6.07, 6.45) is 9.73. The summed E-state index contributed by atoms with van der Waals surface area (Å²) in [5, 5.41) is 11.3. The number of rotatable bonds is 7. The molecule has 2 aliphatic rings. The maximum Gasteiger partial charge on any atom is 0.191 e. The van der Waals surface area contributed by atoms with Crippen molar-refractivity contribution in [3.8, 4) is 0 Å². The minimum absolute atomic E-state index is 0.372. The molecule has 8 heteroatoms. The van der Waals surface area contributed by atoms with E-state index in [9.17, 15) is 0 Å². The second-order valence-electron chi connectivity index (χ2n) is 7.34. The molecule has 0 saturated carbocycles. The first-order valence-electron chi connectivity index (χ1n) is 10.1. The number of aliphatic imine (C=N–C) groups is 1. The van der Waals surface area contributed by atoms with Crippen LogP contribution in [0.2, 0.25) is 0 Å². The monoisotopic (exact) mass is 378 g/mol. The van der Waals surface area contributed by atoms with Gasteiger partial charge in [0.1, 0.15) is 0 Å². The van der Waals surface area contributed by atoms with Crippen molar-refractivity contribution in [2.24, 2.45) is 12.0 Å². The Labute approximate surface area is 162 Å². The lowest BCUT2D eigenvalue weighted by atomic mass is 10.1. The molecular formula is C19H34N6O2. The van der Waals surface area contributed by atoms with Gasteiger partial charge in [-0.2, -0.15) is 5.10 Å². The Kier molecular flexibility index (Phi) is 7.77. The van der Waals surface area contributed by atoms with Crippen molar-refractivity contribution in [3.05, 3.63) is 12.4 Å². The highest BCUT2D eigenvalue weighted by molar-refractivity contribution is 5.80. The van der Waals surface area contributed by atoms with Crippen LogP contribution in [-0.4, -0.2) is 74.4 Å². The number of aryl methyl sites for hydroxylation is 1. The third-order valence-corrected chi connectivity index (χ3v) is 5.18. The quantitative estimate of drug-likeness (QED) is 0.421. The molecule has 1 aromatic heterocycles. The number of piperidine rings is 1. The van der Waals surface area contributed by atoms with E-state index in [2.05, 4.69) is 31.8 Å². The number of anilines is 1. The van der Waals surface area contributed by atoms with Gasteiger partial charge in [0.25, 0.3) is 0 Å². The molecule has 2 saturated heterocycles. The molecule has 2 fully saturated rings. The van der Waals surface area contributed by atoms with Gasteiger partial charge in [0, 0.05) is 65.8 Å². The minimum atomic E-state index is 0.372. The number of hydrogen-bond acceptors (Lipinski definition) is 5. The molecule has 0 amide bonds. The van der Waals surface area contributed by atoms with Crippen molar-refractivity contribution in [2.45, 2.75) is 44.2 Å². The molecule has 2 N–H and O–H groups in total. The molecule has 27 heavy (non-hydrogen) atoms. The minimum Gasteiger partial charge on any atom is -0.381 e. The van der Waals surface area contributed by atoms with E-state index < -0.39 is 0 Å². The summed E-state index contributed by atoms with van der Waals surface area (Å²) in [6, 6.07) is 0.392. The Morgan fingerprint density at radius 3 is 2.96 bits per heavy atom. The Morgan fingerprint density at radius 2 is 2.22 bits per heavy atom. The molecule has 1 unspecified atom stereocenters. The maximum absolute atomic E-state index is 5.92. The summed E-state index contributed by atoms with van der Waals surface area (Å²) in [4.78, 5) is 6.77. The molecule has 152 valence electrons. The van der Waals surface area contributed by atoms with Gasteiger partial charge >= 0.3 is 0 Å². The van der Waals surface area contributed by atoms with Crippen molar-refractivity contribution in [2.75, 3.05) is 51.4 Å². The molecule has 0 aromatic carbocycles. The van der Waals surface area contributed by atoms with E-state index >= 15 is 0 Å². The van der Waals surface area contributed by atoms with Gasteiger partial charge in [0.2, 0.25) is 0 Å². The predicted molar refractivity (Wildman–Crippen MR) is 107 cm³/mol. The van der Waals surface area contributed by atoms with Crippen LogP contribution >= 0.6 is 0 Å². The second-order valence-corrected chi connectivity index (χ2v) is 7.34. The number of nitrogens with zero attached hydrogens (tertiary/aromatic N) is 4. The van der Waals surface area contributed by atoms with Crippen molar-refractivity contribution >= 4 is 11.6 Å². The standard InChI is InChI=1S/C19H34N6O2/c1-20-19(21-8-4-10-27-18-6-11-26-12-7-18)23-16-5-3-9-25(14-16)17-13-22-24(2)15-17/h13,15-16,18H,3-12,14H2,1-2H3,(H2,20,21,23). The number of guanidine groups is 1. The SMILES string of the molecule is CN=C(NCCCOC1CCOCC1)NC1CCCN(c2cnn(C)c2)C1. The van der Waals surface area contributed by atoms with Crippen LogP contribution in [0.1, 0.15) is 32.1 Å². The lowest BCUT2D eigenvalue weighted by Gasteiger charge is -2.34. The molecule has 8 nitrogen and oxygen atoms in total. The molecule has 3 heterocycles. The second kappa shape index (κ2) is 10.5. The number of ether oxygens (including phenoxy) is 2. The van der Waals surface area contributed by atoms with Crippen LogP contribution in [0.4, 0.5) is 5.69 Å². The zero-order valence-corrected chi connectivity index (χ0v) is 16.7. The predicted octanol–water partition coefficient (Wildman–Crippen LogP) is 1.14. The molecule has 0 spiro atoms. The van der Waals surface area contributed by atoms with Crippen LogP contribution in [0.5, 0.6) is 0 Å². The Hall–Kier alpha value is -1.80. The average Bonchev–Trinajstić information content (AvgIpc) is 3.14. The fourth-order valence-corrected chi connectivity index (χ4v) is 3.66. The van der Waals surface area contributed by atoms with E-state index in [1.165, 1.54) is 12.1 Å². The van der Waals surface area contributed by atoms with Crippen molar-refractivity contribution in [3.63, 3.8) is 0 Å². The molecule has 0 aliphatic carbocycles. The lowest BCUT2D eigenvalue weighted by molar-refractivity contribution is -0.0320. The average molecular weight is 379 g/mol. The van der Waals surface area contributed by atoms with E-state index in [0.717, 1.165) is 71.1 Å². The highest BCUT2D eigenvalue weighted by Crippen LogP contribution is 2.18. The number of hydrogen-bond donors (Lipinski definition) is 2. The van der Waals surface area contributed by atoms with Crippen LogP contribution in [0.15, 0.2) is 17.4 Å². The maximum atomic E-state index is 5.92. The summed E-state index contributed by atoms with van der Waals surface area (Å²) >= 11 is 0. The molecule has 0 bridgehead atoms. The molecular weight excluding hydrogens is 344 g/mol. The van der Waals surface area contributed by atoms with Crippen LogP contribution in [-0.2, 0) is 16.5 Å². The number of nitrogens with one attached hydrogen (secondary N) is 2. The third-order valence-electron chi connectivity index (χ3n) is 5.18. The van der Waals surface area contributed by atoms with Gasteiger partial charge in [0.05, 0.1) is 18.0 Å². The molecule has 3 rings (SSSR count).